The van der Waals surface area contributed by atoms with Gasteiger partial charge >= 0.3 is 0 Å². The van der Waals surface area contributed by atoms with Crippen LogP contribution in [0.4, 0.5) is 0 Å². The summed E-state index contributed by atoms with van der Waals surface area (Å²) in [4.78, 5) is 33.4. The summed E-state index contributed by atoms with van der Waals surface area (Å²) in [7, 11) is 0. The first-order chi connectivity index (χ1) is 19.2. The molecule has 1 aliphatic heterocycles. The molecule has 1 aliphatic rings. The average molecular weight is 546 g/mol. The Morgan fingerprint density at radius 2 is 1.57 bits per heavy atom. The van der Waals surface area contributed by atoms with Crippen LogP contribution in [0.5, 0.6) is 0 Å². The fourth-order valence-corrected chi connectivity index (χ4v) is 4.92. The largest absolute Gasteiger partial charge is 0.464 e. The fraction of sp³-hybridized carbons (Fsp3) is 0.455. The van der Waals surface area contributed by atoms with Crippen molar-refractivity contribution in [2.75, 3.05) is 45.9 Å². The first-order valence-electron chi connectivity index (χ1n) is 14.3. The van der Waals surface area contributed by atoms with E-state index in [1.54, 1.807) is 9.80 Å². The Morgan fingerprint density at radius 3 is 2.20 bits per heavy atom. The van der Waals surface area contributed by atoms with Crippen LogP contribution in [-0.2, 0) is 28.0 Å². The van der Waals surface area contributed by atoms with Crippen molar-refractivity contribution in [2.45, 2.75) is 52.6 Å². The summed E-state index contributed by atoms with van der Waals surface area (Å²) < 4.78 is 11.3. The van der Waals surface area contributed by atoms with E-state index in [1.165, 1.54) is 5.56 Å². The third-order valence-electron chi connectivity index (χ3n) is 7.33. The number of carbonyl (C=O) groups excluding carboxylic acids is 2. The molecule has 0 atom stereocenters. The zero-order valence-electron chi connectivity index (χ0n) is 24.4. The summed E-state index contributed by atoms with van der Waals surface area (Å²) in [6.45, 7) is 13.8. The van der Waals surface area contributed by atoms with Gasteiger partial charge < -0.3 is 19.0 Å². The smallest absolute Gasteiger partial charge is 0.254 e. The van der Waals surface area contributed by atoms with E-state index < -0.39 is 0 Å². The lowest BCUT2D eigenvalue weighted by Crippen LogP contribution is -2.44. The Hall–Kier alpha value is -3.42. The quantitative estimate of drug-likeness (QED) is 0.328. The minimum absolute atomic E-state index is 0.00245. The van der Waals surface area contributed by atoms with E-state index in [1.807, 2.05) is 73.7 Å². The van der Waals surface area contributed by atoms with Gasteiger partial charge in [-0.2, -0.15) is 0 Å². The molecule has 40 heavy (non-hydrogen) atoms. The molecular formula is C33H43N3O4. The van der Waals surface area contributed by atoms with Crippen LogP contribution in [0.25, 0.3) is 0 Å². The first-order valence-corrected chi connectivity index (χ1v) is 14.3. The summed E-state index contributed by atoms with van der Waals surface area (Å²) >= 11 is 0. The van der Waals surface area contributed by atoms with Crippen molar-refractivity contribution in [2.24, 2.45) is 0 Å². The second-order valence-electron chi connectivity index (χ2n) is 11.6. The predicted octanol–water partition coefficient (Wildman–Crippen LogP) is 5.28. The summed E-state index contributed by atoms with van der Waals surface area (Å²) in [5, 5.41) is 0. The second kappa shape index (κ2) is 13.8. The molecule has 3 aromatic rings. The van der Waals surface area contributed by atoms with E-state index in [0.717, 1.165) is 56.4 Å². The van der Waals surface area contributed by atoms with Crippen LogP contribution in [-0.4, -0.2) is 72.5 Å². The van der Waals surface area contributed by atoms with Gasteiger partial charge in [0, 0.05) is 38.3 Å². The molecule has 7 nitrogen and oxygen atoms in total. The highest BCUT2D eigenvalue weighted by Gasteiger charge is 2.24. The van der Waals surface area contributed by atoms with Gasteiger partial charge in [0.05, 0.1) is 19.8 Å². The molecular weight excluding hydrogens is 502 g/mol. The summed E-state index contributed by atoms with van der Waals surface area (Å²) in [6.07, 6.45) is 0.787. The maximum atomic E-state index is 13.8. The zero-order valence-corrected chi connectivity index (χ0v) is 24.4. The highest BCUT2D eigenvalue weighted by molar-refractivity contribution is 5.96. The van der Waals surface area contributed by atoms with E-state index in [2.05, 4.69) is 25.7 Å². The predicted molar refractivity (Wildman–Crippen MR) is 157 cm³/mol. The highest BCUT2D eigenvalue weighted by Crippen LogP contribution is 2.23. The Morgan fingerprint density at radius 1 is 0.875 bits per heavy atom. The van der Waals surface area contributed by atoms with Crippen molar-refractivity contribution >= 4 is 11.8 Å². The first kappa shape index (κ1) is 29.6. The van der Waals surface area contributed by atoms with Crippen molar-refractivity contribution in [3.05, 3.63) is 94.9 Å². The van der Waals surface area contributed by atoms with Crippen LogP contribution in [0.3, 0.4) is 0 Å². The third-order valence-corrected chi connectivity index (χ3v) is 7.33. The number of rotatable bonds is 11. The van der Waals surface area contributed by atoms with Gasteiger partial charge in [-0.25, -0.2) is 0 Å². The van der Waals surface area contributed by atoms with Gasteiger partial charge in [0.1, 0.15) is 18.1 Å². The average Bonchev–Trinajstić information content (AvgIpc) is 3.36. The molecule has 0 N–H and O–H groups in total. The number of furan rings is 1. The molecule has 0 saturated carbocycles. The Kier molecular flexibility index (Phi) is 10.2. The van der Waals surface area contributed by atoms with Crippen molar-refractivity contribution in [1.82, 2.24) is 14.7 Å². The van der Waals surface area contributed by atoms with Crippen molar-refractivity contribution in [1.29, 1.82) is 0 Å². The van der Waals surface area contributed by atoms with Crippen molar-refractivity contribution in [3.8, 4) is 0 Å². The Labute approximate surface area is 238 Å². The minimum atomic E-state index is -0.121. The van der Waals surface area contributed by atoms with E-state index >= 15 is 0 Å². The van der Waals surface area contributed by atoms with Crippen LogP contribution < -0.4 is 0 Å². The monoisotopic (exact) mass is 545 g/mol. The van der Waals surface area contributed by atoms with Crippen LogP contribution in [0.1, 0.15) is 60.2 Å². The van der Waals surface area contributed by atoms with Crippen molar-refractivity contribution in [3.63, 3.8) is 0 Å². The molecule has 0 spiro atoms. The maximum Gasteiger partial charge on any atom is 0.254 e. The van der Waals surface area contributed by atoms with E-state index in [9.17, 15) is 9.59 Å². The molecule has 0 radical (unpaired) electrons. The number of amides is 2. The Balaban J connectivity index is 1.51. The van der Waals surface area contributed by atoms with E-state index in [4.69, 9.17) is 9.15 Å². The zero-order chi connectivity index (χ0) is 28.5. The molecule has 1 aromatic heterocycles. The molecule has 2 amide bonds. The van der Waals surface area contributed by atoms with E-state index in [0.29, 0.717) is 25.2 Å². The topological polar surface area (TPSA) is 66.2 Å². The number of hydrogen-bond donors (Lipinski definition) is 0. The third kappa shape index (κ3) is 8.54. The van der Waals surface area contributed by atoms with Crippen LogP contribution in [0.15, 0.2) is 71.1 Å². The second-order valence-corrected chi connectivity index (χ2v) is 11.6. The maximum absolute atomic E-state index is 13.8. The standard InChI is InChI=1S/C33H43N3O4/c1-26-11-16-30(40-26)24-36(23-27-9-6-5-7-10-27)31(37)25-35(18-8-17-34-19-21-39-22-20-34)32(38)28-12-14-29(15-13-28)33(2,3)4/h5-7,9-16H,8,17-25H2,1-4H3. The summed E-state index contributed by atoms with van der Waals surface area (Å²) in [5.41, 5.74) is 2.80. The molecule has 214 valence electrons. The number of hydrogen-bond acceptors (Lipinski definition) is 5. The number of aryl methyl sites for hydroxylation is 1. The molecule has 2 aromatic carbocycles. The van der Waals surface area contributed by atoms with Gasteiger partial charge in [0.25, 0.3) is 5.91 Å². The molecule has 2 heterocycles. The Bertz CT molecular complexity index is 1220. The molecule has 0 unspecified atom stereocenters. The van der Waals surface area contributed by atoms with Gasteiger partial charge in [-0.1, -0.05) is 63.2 Å². The number of nitrogens with zero attached hydrogens (tertiary/aromatic N) is 3. The van der Waals surface area contributed by atoms with Gasteiger partial charge in [0.15, 0.2) is 0 Å². The van der Waals surface area contributed by atoms with Crippen molar-refractivity contribution < 1.29 is 18.7 Å². The van der Waals surface area contributed by atoms with Gasteiger partial charge in [-0.05, 0) is 54.2 Å². The fourth-order valence-electron chi connectivity index (χ4n) is 4.92. The minimum Gasteiger partial charge on any atom is -0.464 e. The summed E-state index contributed by atoms with van der Waals surface area (Å²) in [6, 6.07) is 21.5. The number of carbonyl (C=O) groups is 2. The highest BCUT2D eigenvalue weighted by atomic mass is 16.5. The number of ether oxygens (including phenoxy) is 1. The molecule has 0 aliphatic carbocycles. The molecule has 7 heteroatoms. The van der Waals surface area contributed by atoms with Crippen LogP contribution >= 0.6 is 0 Å². The molecule has 4 rings (SSSR count). The van der Waals surface area contributed by atoms with Crippen LogP contribution in [0, 0.1) is 6.92 Å². The number of benzene rings is 2. The van der Waals surface area contributed by atoms with Gasteiger partial charge in [-0.3, -0.25) is 14.5 Å². The lowest BCUT2D eigenvalue weighted by molar-refractivity contribution is -0.133. The lowest BCUT2D eigenvalue weighted by Gasteiger charge is -2.30. The molecule has 1 fully saturated rings. The SMILES string of the molecule is Cc1ccc(CN(Cc2ccccc2)C(=O)CN(CCCN2CCOCC2)C(=O)c2ccc(C(C)(C)C)cc2)o1. The van der Waals surface area contributed by atoms with E-state index in [-0.39, 0.29) is 23.8 Å². The normalized spacial score (nSPS) is 14.2. The number of morpholine rings is 1. The molecule has 1 saturated heterocycles. The van der Waals surface area contributed by atoms with Crippen LogP contribution in [0.2, 0.25) is 0 Å². The molecule has 0 bridgehead atoms. The lowest BCUT2D eigenvalue weighted by atomic mass is 9.86. The summed E-state index contributed by atoms with van der Waals surface area (Å²) in [5.74, 6) is 1.30. The van der Waals surface area contributed by atoms with Gasteiger partial charge in [-0.15, -0.1) is 0 Å². The van der Waals surface area contributed by atoms with Gasteiger partial charge in [0.2, 0.25) is 5.91 Å².